The van der Waals surface area contributed by atoms with E-state index < -0.39 is 0 Å². The lowest BCUT2D eigenvalue weighted by Gasteiger charge is -2.21. The van der Waals surface area contributed by atoms with E-state index in [1.807, 2.05) is 7.05 Å². The van der Waals surface area contributed by atoms with Gasteiger partial charge in [0.05, 0.1) is 0 Å². The predicted octanol–water partition coefficient (Wildman–Crippen LogP) is 1.63. The summed E-state index contributed by atoms with van der Waals surface area (Å²) in [6, 6.07) is 0. The minimum Gasteiger partial charge on any atom is -0.385 e. The second kappa shape index (κ2) is 17.0. The Bertz CT molecular complexity index is 293. The van der Waals surface area contributed by atoms with Crippen molar-refractivity contribution in [2.75, 3.05) is 73.6 Å². The molecule has 6 nitrogen and oxygen atoms in total. The molecule has 2 N–H and O–H groups in total. The van der Waals surface area contributed by atoms with Crippen molar-refractivity contribution in [2.45, 2.75) is 39.5 Å². The van der Waals surface area contributed by atoms with E-state index in [0.29, 0.717) is 0 Å². The van der Waals surface area contributed by atoms with E-state index in [9.17, 15) is 0 Å². The second-order valence-electron chi connectivity index (χ2n) is 6.27. The molecule has 0 saturated heterocycles. The van der Waals surface area contributed by atoms with Crippen molar-refractivity contribution in [1.82, 2.24) is 20.4 Å². The molecule has 0 amide bonds. The van der Waals surface area contributed by atoms with Gasteiger partial charge in [0.25, 0.3) is 0 Å². The highest BCUT2D eigenvalue weighted by Gasteiger charge is 2.03. The topological polar surface area (TPSA) is 52.1 Å². The fraction of sp³-hybridized carbons (Fsp3) is 0.944. The standard InChI is InChI=1S/C18H41N5O/c1-6-12-23(13-7-2)15-8-10-20-18(19-3)21-11-16-22(4)14-9-17-24-5/h6-17H2,1-5H3,(H2,19,20,21). The summed E-state index contributed by atoms with van der Waals surface area (Å²) >= 11 is 0. The normalized spacial score (nSPS) is 12.2. The van der Waals surface area contributed by atoms with Gasteiger partial charge in [-0.25, -0.2) is 0 Å². The third kappa shape index (κ3) is 13.6. The molecule has 0 aromatic carbocycles. The molecule has 0 rings (SSSR count). The van der Waals surface area contributed by atoms with Gasteiger partial charge < -0.3 is 25.2 Å². The fourth-order valence-corrected chi connectivity index (χ4v) is 2.65. The van der Waals surface area contributed by atoms with Crippen molar-refractivity contribution in [3.63, 3.8) is 0 Å². The molecule has 0 atom stereocenters. The minimum absolute atomic E-state index is 0.827. The van der Waals surface area contributed by atoms with Gasteiger partial charge in [0.15, 0.2) is 5.96 Å². The third-order valence-corrected chi connectivity index (χ3v) is 3.92. The maximum absolute atomic E-state index is 5.08. The van der Waals surface area contributed by atoms with Gasteiger partial charge in [-0.3, -0.25) is 4.99 Å². The molecule has 0 aliphatic carbocycles. The van der Waals surface area contributed by atoms with Crippen LogP contribution in [0.25, 0.3) is 0 Å². The highest BCUT2D eigenvalue weighted by atomic mass is 16.5. The quantitative estimate of drug-likeness (QED) is 0.269. The number of ether oxygens (including phenoxy) is 1. The van der Waals surface area contributed by atoms with Crippen LogP contribution in [0.2, 0.25) is 0 Å². The van der Waals surface area contributed by atoms with Gasteiger partial charge in [-0.05, 0) is 52.4 Å². The zero-order chi connectivity index (χ0) is 18.0. The molecule has 0 aliphatic heterocycles. The summed E-state index contributed by atoms with van der Waals surface area (Å²) in [6.45, 7) is 12.8. The molecule has 6 heteroatoms. The van der Waals surface area contributed by atoms with Crippen LogP contribution in [-0.2, 0) is 4.74 Å². The second-order valence-corrected chi connectivity index (χ2v) is 6.27. The highest BCUT2D eigenvalue weighted by molar-refractivity contribution is 5.79. The number of rotatable bonds is 15. The third-order valence-electron chi connectivity index (χ3n) is 3.92. The number of hydrogen-bond acceptors (Lipinski definition) is 4. The van der Waals surface area contributed by atoms with Crippen molar-refractivity contribution in [3.05, 3.63) is 0 Å². The minimum atomic E-state index is 0.827. The first-order valence-corrected chi connectivity index (χ1v) is 9.52. The maximum Gasteiger partial charge on any atom is 0.191 e. The van der Waals surface area contributed by atoms with Gasteiger partial charge in [0.1, 0.15) is 0 Å². The van der Waals surface area contributed by atoms with Gasteiger partial charge in [-0.15, -0.1) is 0 Å². The van der Waals surface area contributed by atoms with Gasteiger partial charge in [-0.1, -0.05) is 13.8 Å². The van der Waals surface area contributed by atoms with E-state index in [0.717, 1.165) is 58.1 Å². The lowest BCUT2D eigenvalue weighted by molar-refractivity contribution is 0.180. The van der Waals surface area contributed by atoms with Crippen LogP contribution in [0.1, 0.15) is 39.5 Å². The zero-order valence-electron chi connectivity index (χ0n) is 16.7. The van der Waals surface area contributed by atoms with Crippen molar-refractivity contribution >= 4 is 5.96 Å². The van der Waals surface area contributed by atoms with Crippen molar-refractivity contribution in [2.24, 2.45) is 4.99 Å². The number of methoxy groups -OCH3 is 1. The Morgan fingerprint density at radius 3 is 2.17 bits per heavy atom. The summed E-state index contributed by atoms with van der Waals surface area (Å²) in [4.78, 5) is 9.15. The fourth-order valence-electron chi connectivity index (χ4n) is 2.65. The Morgan fingerprint density at radius 1 is 0.917 bits per heavy atom. The number of nitrogens with zero attached hydrogens (tertiary/aromatic N) is 3. The number of likely N-dealkylation sites (N-methyl/N-ethyl adjacent to an activating group) is 1. The van der Waals surface area contributed by atoms with E-state index in [1.165, 1.54) is 25.9 Å². The average molecular weight is 344 g/mol. The molecule has 0 heterocycles. The van der Waals surface area contributed by atoms with Gasteiger partial charge in [0.2, 0.25) is 0 Å². The molecule has 0 spiro atoms. The van der Waals surface area contributed by atoms with E-state index >= 15 is 0 Å². The molecule has 0 aromatic heterocycles. The molecular formula is C18H41N5O. The van der Waals surface area contributed by atoms with Crippen LogP contribution < -0.4 is 10.6 Å². The molecule has 0 fully saturated rings. The van der Waals surface area contributed by atoms with Crippen LogP contribution in [0.15, 0.2) is 4.99 Å². The number of hydrogen-bond donors (Lipinski definition) is 2. The summed E-state index contributed by atoms with van der Waals surface area (Å²) in [7, 11) is 5.72. The van der Waals surface area contributed by atoms with Crippen molar-refractivity contribution in [1.29, 1.82) is 0 Å². The van der Waals surface area contributed by atoms with E-state index in [4.69, 9.17) is 4.74 Å². The number of guanidine groups is 1. The maximum atomic E-state index is 5.08. The predicted molar refractivity (Wildman–Crippen MR) is 105 cm³/mol. The molecule has 0 aliphatic rings. The van der Waals surface area contributed by atoms with Gasteiger partial charge in [-0.2, -0.15) is 0 Å². The molecule has 0 bridgehead atoms. The Kier molecular flexibility index (Phi) is 16.4. The number of aliphatic imine (C=N–C) groups is 1. The first-order chi connectivity index (χ1) is 11.7. The van der Waals surface area contributed by atoms with Crippen LogP contribution in [0, 0.1) is 0 Å². The molecule has 0 aromatic rings. The van der Waals surface area contributed by atoms with E-state index in [2.05, 4.69) is 46.3 Å². The summed E-state index contributed by atoms with van der Waals surface area (Å²) in [5.41, 5.74) is 0. The summed E-state index contributed by atoms with van der Waals surface area (Å²) in [5.74, 6) is 0.901. The Labute approximate surface area is 150 Å². The average Bonchev–Trinajstić information content (AvgIpc) is 2.57. The van der Waals surface area contributed by atoms with E-state index in [-0.39, 0.29) is 0 Å². The van der Waals surface area contributed by atoms with Crippen LogP contribution in [0.3, 0.4) is 0 Å². The highest BCUT2D eigenvalue weighted by Crippen LogP contribution is 1.95. The molecule has 0 saturated carbocycles. The van der Waals surface area contributed by atoms with Crippen LogP contribution in [0.4, 0.5) is 0 Å². The number of nitrogens with one attached hydrogen (secondary N) is 2. The first kappa shape index (κ1) is 23.1. The van der Waals surface area contributed by atoms with Crippen molar-refractivity contribution in [3.8, 4) is 0 Å². The van der Waals surface area contributed by atoms with E-state index in [1.54, 1.807) is 7.11 Å². The summed E-state index contributed by atoms with van der Waals surface area (Å²) < 4.78 is 5.08. The van der Waals surface area contributed by atoms with Crippen LogP contribution in [0.5, 0.6) is 0 Å². The van der Waals surface area contributed by atoms with Gasteiger partial charge >= 0.3 is 0 Å². The largest absolute Gasteiger partial charge is 0.385 e. The first-order valence-electron chi connectivity index (χ1n) is 9.52. The van der Waals surface area contributed by atoms with Gasteiger partial charge in [0, 0.05) is 46.9 Å². The smallest absolute Gasteiger partial charge is 0.191 e. The Balaban J connectivity index is 3.76. The van der Waals surface area contributed by atoms with Crippen molar-refractivity contribution < 1.29 is 4.74 Å². The molecule has 0 radical (unpaired) electrons. The Hall–Kier alpha value is -0.850. The SMILES string of the molecule is CCCN(CCC)CCCNC(=NC)NCCN(C)CCCOC. The van der Waals surface area contributed by atoms with Crippen LogP contribution >= 0.6 is 0 Å². The lowest BCUT2D eigenvalue weighted by atomic mass is 10.3. The summed E-state index contributed by atoms with van der Waals surface area (Å²) in [6.07, 6.45) is 4.69. The summed E-state index contributed by atoms with van der Waals surface area (Å²) in [5, 5.41) is 6.79. The Morgan fingerprint density at radius 2 is 1.58 bits per heavy atom. The molecule has 24 heavy (non-hydrogen) atoms. The zero-order valence-corrected chi connectivity index (χ0v) is 16.7. The molecular weight excluding hydrogens is 302 g/mol. The molecule has 0 unspecified atom stereocenters. The lowest BCUT2D eigenvalue weighted by Crippen LogP contribution is -2.42. The molecule has 144 valence electrons. The monoisotopic (exact) mass is 343 g/mol. The van der Waals surface area contributed by atoms with Crippen LogP contribution in [-0.4, -0.2) is 89.4 Å².